The summed E-state index contributed by atoms with van der Waals surface area (Å²) in [6, 6.07) is 13.5. The molecule has 0 aliphatic heterocycles. The zero-order valence-electron chi connectivity index (χ0n) is 9.09. The molecule has 0 aliphatic carbocycles. The Morgan fingerprint density at radius 1 is 1.19 bits per heavy atom. The Hall–Kier alpha value is -2.03. The Morgan fingerprint density at radius 3 is 2.62 bits per heavy atom. The van der Waals surface area contributed by atoms with E-state index in [2.05, 4.69) is 5.16 Å². The van der Waals surface area contributed by atoms with E-state index >= 15 is 0 Å². The van der Waals surface area contributed by atoms with E-state index < -0.39 is 0 Å². The summed E-state index contributed by atoms with van der Waals surface area (Å²) in [4.78, 5) is 5.10. The summed E-state index contributed by atoms with van der Waals surface area (Å²) < 4.78 is 5.34. The minimum atomic E-state index is 0.539. The molecule has 0 bridgehead atoms. The van der Waals surface area contributed by atoms with Crippen LogP contribution in [0, 0.1) is 0 Å². The van der Waals surface area contributed by atoms with E-state index in [1.165, 1.54) is 0 Å². The highest BCUT2D eigenvalue weighted by molar-refractivity contribution is 6.10. The second-order valence-electron chi connectivity index (χ2n) is 3.20. The molecule has 1 heterocycles. The quantitative estimate of drug-likeness (QED) is 0.580. The maximum atomic E-state index is 5.34. The van der Waals surface area contributed by atoms with Crippen LogP contribution < -0.4 is 0 Å². The normalized spacial score (nSPS) is 11.4. The summed E-state index contributed by atoms with van der Waals surface area (Å²) in [6.45, 7) is 2.44. The first kappa shape index (κ1) is 10.5. The molecular formula is C13H13NO2. The van der Waals surface area contributed by atoms with E-state index in [-0.39, 0.29) is 0 Å². The van der Waals surface area contributed by atoms with Crippen molar-refractivity contribution >= 4 is 5.71 Å². The van der Waals surface area contributed by atoms with Gasteiger partial charge in [-0.2, -0.15) is 0 Å². The maximum absolute atomic E-state index is 5.34. The predicted octanol–water partition coefficient (Wildman–Crippen LogP) is 3.07. The molecule has 0 saturated heterocycles. The molecule has 82 valence electrons. The van der Waals surface area contributed by atoms with Gasteiger partial charge in [0.1, 0.15) is 6.61 Å². The smallest absolute Gasteiger partial charge is 0.156 e. The van der Waals surface area contributed by atoms with E-state index in [9.17, 15) is 0 Å². The van der Waals surface area contributed by atoms with Gasteiger partial charge in [0, 0.05) is 5.56 Å². The number of hydrogen-bond donors (Lipinski definition) is 0. The van der Waals surface area contributed by atoms with Crippen LogP contribution in [0.15, 0.2) is 58.3 Å². The van der Waals surface area contributed by atoms with Gasteiger partial charge in [0.25, 0.3) is 0 Å². The minimum absolute atomic E-state index is 0.539. The molecule has 2 aromatic rings. The topological polar surface area (TPSA) is 34.7 Å². The molecule has 0 atom stereocenters. The molecule has 3 heteroatoms. The Bertz CT molecular complexity index is 446. The molecule has 2 rings (SSSR count). The third-order valence-electron chi connectivity index (χ3n) is 2.09. The van der Waals surface area contributed by atoms with Crippen molar-refractivity contribution in [3.05, 3.63) is 60.1 Å². The minimum Gasteiger partial charge on any atom is -0.463 e. The molecule has 0 aliphatic rings. The van der Waals surface area contributed by atoms with Gasteiger partial charge in [0.05, 0.1) is 6.26 Å². The lowest BCUT2D eigenvalue weighted by atomic mass is 10.1. The summed E-state index contributed by atoms with van der Waals surface area (Å²) in [5, 5.41) is 4.08. The summed E-state index contributed by atoms with van der Waals surface area (Å²) in [7, 11) is 0. The van der Waals surface area contributed by atoms with Crippen molar-refractivity contribution in [1.82, 2.24) is 0 Å². The van der Waals surface area contributed by atoms with Crippen LogP contribution in [-0.2, 0) is 4.84 Å². The van der Waals surface area contributed by atoms with Gasteiger partial charge in [0.15, 0.2) is 11.5 Å². The van der Waals surface area contributed by atoms with Crippen LogP contribution in [0.5, 0.6) is 0 Å². The van der Waals surface area contributed by atoms with Crippen molar-refractivity contribution in [2.75, 3.05) is 6.61 Å². The Balaban J connectivity index is 2.37. The van der Waals surface area contributed by atoms with Crippen molar-refractivity contribution in [2.24, 2.45) is 5.16 Å². The molecule has 0 radical (unpaired) electrons. The van der Waals surface area contributed by atoms with Gasteiger partial charge in [-0.15, -0.1) is 0 Å². The monoisotopic (exact) mass is 215 g/mol. The van der Waals surface area contributed by atoms with Crippen LogP contribution in [0.4, 0.5) is 0 Å². The van der Waals surface area contributed by atoms with Crippen molar-refractivity contribution in [1.29, 1.82) is 0 Å². The third-order valence-corrected chi connectivity index (χ3v) is 2.09. The second kappa shape index (κ2) is 5.16. The molecule has 1 aromatic heterocycles. The lowest BCUT2D eigenvalue weighted by molar-refractivity contribution is 0.159. The Labute approximate surface area is 94.3 Å². The van der Waals surface area contributed by atoms with E-state index in [1.54, 1.807) is 6.26 Å². The summed E-state index contributed by atoms with van der Waals surface area (Å²) in [6.07, 6.45) is 1.62. The third kappa shape index (κ3) is 2.31. The maximum Gasteiger partial charge on any atom is 0.156 e. The van der Waals surface area contributed by atoms with Gasteiger partial charge in [-0.05, 0) is 19.1 Å². The number of rotatable bonds is 4. The average molecular weight is 215 g/mol. The fraction of sp³-hybridized carbons (Fsp3) is 0.154. The highest BCUT2D eigenvalue weighted by Crippen LogP contribution is 2.11. The fourth-order valence-corrected chi connectivity index (χ4v) is 1.38. The van der Waals surface area contributed by atoms with Crippen molar-refractivity contribution < 1.29 is 9.25 Å². The van der Waals surface area contributed by atoms with Crippen LogP contribution in [0.25, 0.3) is 0 Å². The zero-order valence-corrected chi connectivity index (χ0v) is 9.09. The second-order valence-corrected chi connectivity index (χ2v) is 3.20. The van der Waals surface area contributed by atoms with Crippen LogP contribution >= 0.6 is 0 Å². The van der Waals surface area contributed by atoms with Crippen LogP contribution in [0.2, 0.25) is 0 Å². The molecular weight excluding hydrogens is 202 g/mol. The molecule has 0 unspecified atom stereocenters. The van der Waals surface area contributed by atoms with Gasteiger partial charge in [-0.1, -0.05) is 35.5 Å². The highest BCUT2D eigenvalue weighted by Gasteiger charge is 2.09. The number of nitrogens with zero attached hydrogens (tertiary/aromatic N) is 1. The standard InChI is InChI=1S/C13H13NO2/c1-2-16-14-13(12-9-6-10-15-12)11-7-4-3-5-8-11/h3-10H,2H2,1H3/b14-13-. The van der Waals surface area contributed by atoms with Gasteiger partial charge in [-0.25, -0.2) is 0 Å². The number of oxime groups is 1. The fourth-order valence-electron chi connectivity index (χ4n) is 1.38. The average Bonchev–Trinajstić information content (AvgIpc) is 2.85. The summed E-state index contributed by atoms with van der Waals surface area (Å²) in [5.74, 6) is 0.708. The molecule has 0 amide bonds. The van der Waals surface area contributed by atoms with Gasteiger partial charge in [0.2, 0.25) is 0 Å². The largest absolute Gasteiger partial charge is 0.463 e. The Morgan fingerprint density at radius 2 is 2.00 bits per heavy atom. The summed E-state index contributed by atoms with van der Waals surface area (Å²) in [5.41, 5.74) is 1.69. The van der Waals surface area contributed by atoms with Crippen LogP contribution in [0.3, 0.4) is 0 Å². The first-order valence-corrected chi connectivity index (χ1v) is 5.21. The van der Waals surface area contributed by atoms with Crippen molar-refractivity contribution in [3.63, 3.8) is 0 Å². The molecule has 1 aromatic carbocycles. The van der Waals surface area contributed by atoms with Crippen molar-refractivity contribution in [2.45, 2.75) is 6.92 Å². The molecule has 0 N–H and O–H groups in total. The van der Waals surface area contributed by atoms with E-state index in [1.807, 2.05) is 49.4 Å². The molecule has 16 heavy (non-hydrogen) atoms. The van der Waals surface area contributed by atoms with Crippen LogP contribution in [-0.4, -0.2) is 12.3 Å². The highest BCUT2D eigenvalue weighted by atomic mass is 16.6. The SMILES string of the molecule is CCO/N=C(/c1ccccc1)c1ccco1. The number of furan rings is 1. The number of benzene rings is 1. The van der Waals surface area contributed by atoms with Crippen molar-refractivity contribution in [3.8, 4) is 0 Å². The van der Waals surface area contributed by atoms with E-state index in [4.69, 9.17) is 9.25 Å². The van der Waals surface area contributed by atoms with E-state index in [0.29, 0.717) is 18.1 Å². The van der Waals surface area contributed by atoms with Crippen LogP contribution in [0.1, 0.15) is 18.2 Å². The zero-order chi connectivity index (χ0) is 11.2. The molecule has 0 fully saturated rings. The lowest BCUT2D eigenvalue weighted by Gasteiger charge is -2.03. The lowest BCUT2D eigenvalue weighted by Crippen LogP contribution is -2.02. The van der Waals surface area contributed by atoms with Gasteiger partial charge in [-0.3, -0.25) is 0 Å². The van der Waals surface area contributed by atoms with E-state index in [0.717, 1.165) is 5.56 Å². The molecule has 3 nitrogen and oxygen atoms in total. The molecule has 0 saturated carbocycles. The van der Waals surface area contributed by atoms with Gasteiger partial charge < -0.3 is 9.25 Å². The molecule has 0 spiro atoms. The first-order chi connectivity index (χ1) is 7.92. The summed E-state index contributed by atoms with van der Waals surface area (Å²) >= 11 is 0. The number of hydrogen-bond acceptors (Lipinski definition) is 3. The Kier molecular flexibility index (Phi) is 3.38. The van der Waals surface area contributed by atoms with Gasteiger partial charge >= 0.3 is 0 Å². The predicted molar refractivity (Wildman–Crippen MR) is 62.4 cm³/mol. The first-order valence-electron chi connectivity index (χ1n) is 5.21.